The van der Waals surface area contributed by atoms with E-state index in [1.54, 1.807) is 24.3 Å². The predicted octanol–water partition coefficient (Wildman–Crippen LogP) is 2.03. The number of aromatic carboxylic acids is 1. The van der Waals surface area contributed by atoms with E-state index in [1.807, 2.05) is 6.07 Å². The van der Waals surface area contributed by atoms with E-state index in [1.165, 1.54) is 6.07 Å². The van der Waals surface area contributed by atoms with Gasteiger partial charge in [-0.1, -0.05) is 12.1 Å². The third-order valence-corrected chi connectivity index (χ3v) is 2.34. The summed E-state index contributed by atoms with van der Waals surface area (Å²) in [5.41, 5.74) is 6.06. The number of carbonyl (C=O) groups is 1. The number of pyridine rings is 1. The van der Waals surface area contributed by atoms with Crippen molar-refractivity contribution in [2.24, 2.45) is 0 Å². The molecule has 1 aromatic carbocycles. The number of aromatic nitrogens is 1. The molecule has 0 atom stereocenters. The second-order valence-corrected chi connectivity index (χ2v) is 3.63. The Bertz CT molecular complexity index is 677. The summed E-state index contributed by atoms with van der Waals surface area (Å²) < 4.78 is 5.41. The zero-order chi connectivity index (χ0) is 13.8. The summed E-state index contributed by atoms with van der Waals surface area (Å²) in [6.45, 7) is 0. The molecule has 1 aromatic heterocycles. The molecule has 0 unspecified atom stereocenters. The first-order chi connectivity index (χ1) is 9.11. The highest BCUT2D eigenvalue weighted by Crippen LogP contribution is 2.27. The largest absolute Gasteiger partial charge is 0.478 e. The zero-order valence-electron chi connectivity index (χ0n) is 9.70. The topological polar surface area (TPSA) is 109 Å². The number of hydrogen-bond acceptors (Lipinski definition) is 5. The summed E-state index contributed by atoms with van der Waals surface area (Å²) in [7, 11) is 0. The number of nitrogens with zero attached hydrogens (tertiary/aromatic N) is 2. The standard InChI is InChI=1S/C13H9N3O3/c14-6-8-3-1-2-4-11(8)19-12-10(15)5-9(7-16-12)13(17)18/h1-5,7H,15H2,(H,17,18). The molecule has 0 aliphatic heterocycles. The normalized spacial score (nSPS) is 9.63. The van der Waals surface area contributed by atoms with E-state index in [0.29, 0.717) is 11.3 Å². The number of nitrogen functional groups attached to an aromatic ring is 1. The van der Waals surface area contributed by atoms with Crippen molar-refractivity contribution in [3.63, 3.8) is 0 Å². The maximum absolute atomic E-state index is 10.7. The smallest absolute Gasteiger partial charge is 0.337 e. The molecule has 2 rings (SSSR count). The Morgan fingerprint density at radius 3 is 2.79 bits per heavy atom. The van der Waals surface area contributed by atoms with Gasteiger partial charge in [0.15, 0.2) is 0 Å². The van der Waals surface area contributed by atoms with Gasteiger partial charge in [-0.05, 0) is 18.2 Å². The first-order valence-electron chi connectivity index (χ1n) is 5.27. The molecule has 0 spiro atoms. The molecule has 0 saturated carbocycles. The fraction of sp³-hybridized carbons (Fsp3) is 0. The molecule has 0 aliphatic rings. The summed E-state index contributed by atoms with van der Waals surface area (Å²) in [6, 6.07) is 9.83. The second-order valence-electron chi connectivity index (χ2n) is 3.63. The summed E-state index contributed by atoms with van der Waals surface area (Å²) in [4.78, 5) is 14.6. The van der Waals surface area contributed by atoms with Crippen LogP contribution in [0.5, 0.6) is 11.6 Å². The molecule has 0 fully saturated rings. The number of anilines is 1. The van der Waals surface area contributed by atoms with Crippen molar-refractivity contribution < 1.29 is 14.6 Å². The molecule has 6 nitrogen and oxygen atoms in total. The van der Waals surface area contributed by atoms with E-state index in [4.69, 9.17) is 20.8 Å². The van der Waals surface area contributed by atoms with Crippen LogP contribution in [0.1, 0.15) is 15.9 Å². The lowest BCUT2D eigenvalue weighted by Crippen LogP contribution is -2.02. The Hall–Kier alpha value is -3.07. The quantitative estimate of drug-likeness (QED) is 0.868. The molecule has 0 amide bonds. The average molecular weight is 255 g/mol. The van der Waals surface area contributed by atoms with Crippen LogP contribution in [-0.2, 0) is 0 Å². The van der Waals surface area contributed by atoms with Gasteiger partial charge in [-0.25, -0.2) is 9.78 Å². The Morgan fingerprint density at radius 2 is 2.16 bits per heavy atom. The summed E-state index contributed by atoms with van der Waals surface area (Å²) in [5, 5.41) is 17.7. The molecule has 19 heavy (non-hydrogen) atoms. The van der Waals surface area contributed by atoms with Gasteiger partial charge in [0.05, 0.1) is 16.8 Å². The van der Waals surface area contributed by atoms with Crippen molar-refractivity contribution in [1.29, 1.82) is 5.26 Å². The fourth-order valence-electron chi connectivity index (χ4n) is 1.42. The molecule has 6 heteroatoms. The van der Waals surface area contributed by atoms with Crippen LogP contribution >= 0.6 is 0 Å². The van der Waals surface area contributed by atoms with Crippen molar-refractivity contribution >= 4 is 11.7 Å². The number of ether oxygens (including phenoxy) is 1. The highest BCUT2D eigenvalue weighted by atomic mass is 16.5. The number of carboxylic acid groups (broad SMARTS) is 1. The highest BCUT2D eigenvalue weighted by molar-refractivity contribution is 5.88. The Kier molecular flexibility index (Phi) is 3.30. The first-order valence-corrected chi connectivity index (χ1v) is 5.27. The fourth-order valence-corrected chi connectivity index (χ4v) is 1.42. The number of rotatable bonds is 3. The molecule has 0 radical (unpaired) electrons. The van der Waals surface area contributed by atoms with Gasteiger partial charge in [0.25, 0.3) is 0 Å². The molecule has 0 aliphatic carbocycles. The zero-order valence-corrected chi connectivity index (χ0v) is 9.70. The molecule has 94 valence electrons. The third kappa shape index (κ3) is 2.61. The van der Waals surface area contributed by atoms with Crippen molar-refractivity contribution in [1.82, 2.24) is 4.98 Å². The van der Waals surface area contributed by atoms with E-state index < -0.39 is 5.97 Å². The van der Waals surface area contributed by atoms with Crippen molar-refractivity contribution in [2.75, 3.05) is 5.73 Å². The van der Waals surface area contributed by atoms with Gasteiger partial charge in [-0.2, -0.15) is 5.26 Å². The summed E-state index contributed by atoms with van der Waals surface area (Å²) in [6.07, 6.45) is 1.14. The van der Waals surface area contributed by atoms with Gasteiger partial charge in [-0.3, -0.25) is 0 Å². The molecule has 0 saturated heterocycles. The molecule has 3 N–H and O–H groups in total. The van der Waals surface area contributed by atoms with Gasteiger partial charge in [-0.15, -0.1) is 0 Å². The van der Waals surface area contributed by atoms with Gasteiger partial charge in [0.1, 0.15) is 11.8 Å². The lowest BCUT2D eigenvalue weighted by atomic mass is 10.2. The summed E-state index contributed by atoms with van der Waals surface area (Å²) >= 11 is 0. The summed E-state index contributed by atoms with van der Waals surface area (Å²) in [5.74, 6) is -0.747. The minimum atomic E-state index is -1.12. The number of carboxylic acids is 1. The minimum Gasteiger partial charge on any atom is -0.478 e. The lowest BCUT2D eigenvalue weighted by molar-refractivity contribution is 0.0696. The van der Waals surface area contributed by atoms with Crippen LogP contribution in [-0.4, -0.2) is 16.1 Å². The van der Waals surface area contributed by atoms with Crippen LogP contribution in [0.2, 0.25) is 0 Å². The SMILES string of the molecule is N#Cc1ccccc1Oc1ncc(C(=O)O)cc1N. The predicted molar refractivity (Wildman–Crippen MR) is 66.8 cm³/mol. The third-order valence-electron chi connectivity index (χ3n) is 2.34. The number of para-hydroxylation sites is 1. The van der Waals surface area contributed by atoms with E-state index in [-0.39, 0.29) is 17.1 Å². The van der Waals surface area contributed by atoms with E-state index in [2.05, 4.69) is 4.98 Å². The maximum atomic E-state index is 10.7. The Labute approximate surface area is 108 Å². The van der Waals surface area contributed by atoms with E-state index in [9.17, 15) is 4.79 Å². The van der Waals surface area contributed by atoms with E-state index in [0.717, 1.165) is 6.20 Å². The molecule has 0 bridgehead atoms. The molecular formula is C13H9N3O3. The highest BCUT2D eigenvalue weighted by Gasteiger charge is 2.11. The van der Waals surface area contributed by atoms with Gasteiger partial charge in [0.2, 0.25) is 5.88 Å². The number of nitriles is 1. The van der Waals surface area contributed by atoms with Crippen LogP contribution in [0.25, 0.3) is 0 Å². The number of nitrogens with two attached hydrogens (primary N) is 1. The van der Waals surface area contributed by atoms with Gasteiger partial charge in [0, 0.05) is 6.20 Å². The molecule has 2 aromatic rings. The van der Waals surface area contributed by atoms with Crippen molar-refractivity contribution in [3.8, 4) is 17.7 Å². The van der Waals surface area contributed by atoms with Gasteiger partial charge >= 0.3 is 5.97 Å². The van der Waals surface area contributed by atoms with Crippen LogP contribution < -0.4 is 10.5 Å². The average Bonchev–Trinajstić information content (AvgIpc) is 2.41. The number of hydrogen-bond donors (Lipinski definition) is 2. The van der Waals surface area contributed by atoms with Crippen LogP contribution in [0.15, 0.2) is 36.5 Å². The van der Waals surface area contributed by atoms with Gasteiger partial charge < -0.3 is 15.6 Å². The minimum absolute atomic E-state index is 0.0292. The first kappa shape index (κ1) is 12.4. The van der Waals surface area contributed by atoms with Crippen LogP contribution in [0.4, 0.5) is 5.69 Å². The van der Waals surface area contributed by atoms with E-state index >= 15 is 0 Å². The van der Waals surface area contributed by atoms with Crippen LogP contribution in [0.3, 0.4) is 0 Å². The van der Waals surface area contributed by atoms with Crippen molar-refractivity contribution in [2.45, 2.75) is 0 Å². The Morgan fingerprint density at radius 1 is 1.42 bits per heavy atom. The lowest BCUT2D eigenvalue weighted by Gasteiger charge is -2.08. The van der Waals surface area contributed by atoms with Crippen LogP contribution in [0, 0.1) is 11.3 Å². The second kappa shape index (κ2) is 5.06. The molecular weight excluding hydrogens is 246 g/mol. The Balaban J connectivity index is 2.34. The van der Waals surface area contributed by atoms with Crippen molar-refractivity contribution in [3.05, 3.63) is 47.7 Å². The maximum Gasteiger partial charge on any atom is 0.337 e. The monoisotopic (exact) mass is 255 g/mol. The number of benzene rings is 1. The molecule has 1 heterocycles.